The lowest BCUT2D eigenvalue weighted by atomic mass is 10.1. The molecule has 25 heavy (non-hydrogen) atoms. The Kier molecular flexibility index (Phi) is 3.96. The molecule has 0 saturated heterocycles. The van der Waals surface area contributed by atoms with Crippen LogP contribution in [0.1, 0.15) is 9.75 Å². The highest BCUT2D eigenvalue weighted by Crippen LogP contribution is 2.26. The summed E-state index contributed by atoms with van der Waals surface area (Å²) < 4.78 is 0. The quantitative estimate of drug-likeness (QED) is 0.323. The van der Waals surface area contributed by atoms with E-state index in [0.29, 0.717) is 0 Å². The molecule has 0 aliphatic rings. The van der Waals surface area contributed by atoms with Crippen molar-refractivity contribution in [2.75, 3.05) is 0 Å². The topological polar surface area (TPSA) is 37.6 Å². The molecule has 3 nitrogen and oxygen atoms in total. The molecule has 0 aliphatic heterocycles. The fourth-order valence-electron chi connectivity index (χ4n) is 2.66. The van der Waals surface area contributed by atoms with Crippen LogP contribution in [0.25, 0.3) is 27.9 Å². The molecule has 0 bridgehead atoms. The number of pyridine rings is 1. The minimum atomic E-state index is 0.823. The van der Waals surface area contributed by atoms with E-state index in [9.17, 15) is 0 Å². The second-order valence-corrected chi connectivity index (χ2v) is 6.75. The highest BCUT2D eigenvalue weighted by atomic mass is 32.1. The van der Waals surface area contributed by atoms with E-state index in [1.807, 2.05) is 54.8 Å². The lowest BCUT2D eigenvalue weighted by Gasteiger charge is -2.03. The Bertz CT molecular complexity index is 1140. The molecule has 120 valence electrons. The molecule has 0 saturated carbocycles. The zero-order valence-corrected chi connectivity index (χ0v) is 14.3. The number of hydrogen-bond donors (Lipinski definition) is 0. The maximum Gasteiger partial charge on any atom is 0.0731 e. The zero-order valence-electron chi connectivity index (χ0n) is 13.5. The molecule has 0 fully saturated rings. The van der Waals surface area contributed by atoms with Crippen LogP contribution in [0.5, 0.6) is 0 Å². The number of nitrogens with zero attached hydrogens (tertiary/aromatic N) is 3. The maximum atomic E-state index is 4.75. The van der Waals surface area contributed by atoms with Crippen molar-refractivity contribution < 1.29 is 0 Å². The lowest BCUT2D eigenvalue weighted by Crippen LogP contribution is -1.82. The lowest BCUT2D eigenvalue weighted by molar-refractivity contribution is 1.46. The van der Waals surface area contributed by atoms with Crippen LogP contribution < -0.4 is 0 Å². The molecule has 2 aromatic heterocycles. The van der Waals surface area contributed by atoms with Gasteiger partial charge in [0.05, 0.1) is 22.4 Å². The van der Waals surface area contributed by atoms with E-state index in [-0.39, 0.29) is 0 Å². The van der Waals surface area contributed by atoms with Gasteiger partial charge in [-0.2, -0.15) is 0 Å². The van der Waals surface area contributed by atoms with Gasteiger partial charge in [-0.15, -0.1) is 11.3 Å². The van der Waals surface area contributed by atoms with Crippen molar-refractivity contribution in [2.45, 2.75) is 0 Å². The summed E-state index contributed by atoms with van der Waals surface area (Å²) in [5, 5.41) is 2.18. The van der Waals surface area contributed by atoms with Crippen molar-refractivity contribution in [3.05, 3.63) is 70.9 Å². The van der Waals surface area contributed by atoms with E-state index in [2.05, 4.69) is 35.4 Å². The van der Waals surface area contributed by atoms with Gasteiger partial charge in [0.15, 0.2) is 0 Å². The van der Waals surface area contributed by atoms with E-state index in [4.69, 9.17) is 4.98 Å². The number of benzene rings is 2. The average molecular weight is 341 g/mol. The molecule has 0 unspecified atom stereocenters. The van der Waals surface area contributed by atoms with Gasteiger partial charge in [-0.25, -0.2) is 4.98 Å². The molecule has 0 amide bonds. The fourth-order valence-corrected chi connectivity index (χ4v) is 3.40. The smallest absolute Gasteiger partial charge is 0.0731 e. The molecule has 0 atom stereocenters. The molecule has 4 rings (SSSR count). The molecule has 2 heterocycles. The van der Waals surface area contributed by atoms with Crippen LogP contribution in [0.4, 0.5) is 11.4 Å². The van der Waals surface area contributed by atoms with Gasteiger partial charge in [-0.3, -0.25) is 9.98 Å². The molecule has 0 aliphatic carbocycles. The first-order valence-electron chi connectivity index (χ1n) is 7.83. The van der Waals surface area contributed by atoms with Gasteiger partial charge in [-0.1, -0.05) is 24.8 Å². The fraction of sp³-hybridized carbons (Fsp3) is 0. The number of fused-ring (bicyclic) bond motifs is 2. The first kappa shape index (κ1) is 15.4. The van der Waals surface area contributed by atoms with Crippen LogP contribution in [0.3, 0.4) is 0 Å². The van der Waals surface area contributed by atoms with Crippen molar-refractivity contribution in [1.82, 2.24) is 4.98 Å². The number of rotatable bonds is 4. The van der Waals surface area contributed by atoms with Crippen molar-refractivity contribution in [3.8, 4) is 0 Å². The van der Waals surface area contributed by atoms with E-state index in [1.54, 1.807) is 11.3 Å². The molecule has 0 radical (unpaired) electrons. The van der Waals surface area contributed by atoms with E-state index in [0.717, 1.165) is 42.9 Å². The second-order valence-electron chi connectivity index (χ2n) is 5.60. The third-order valence-corrected chi connectivity index (χ3v) is 4.97. The third kappa shape index (κ3) is 3.12. The van der Waals surface area contributed by atoms with E-state index < -0.39 is 0 Å². The number of hydrogen-bond acceptors (Lipinski definition) is 4. The summed E-state index contributed by atoms with van der Waals surface area (Å²) in [6, 6.07) is 18.2. The van der Waals surface area contributed by atoms with Crippen LogP contribution in [-0.2, 0) is 0 Å². The Morgan fingerprint density at radius 1 is 0.840 bits per heavy atom. The van der Waals surface area contributed by atoms with Gasteiger partial charge >= 0.3 is 0 Å². The molecule has 0 N–H and O–H groups in total. The first-order valence-corrected chi connectivity index (χ1v) is 8.64. The van der Waals surface area contributed by atoms with Crippen LogP contribution in [0, 0.1) is 0 Å². The van der Waals surface area contributed by atoms with Crippen LogP contribution in [0.15, 0.2) is 71.2 Å². The van der Waals surface area contributed by atoms with Crippen LogP contribution >= 0.6 is 11.3 Å². The van der Waals surface area contributed by atoms with Crippen molar-refractivity contribution in [2.24, 2.45) is 9.98 Å². The Hall–Kier alpha value is -3.11. The van der Waals surface area contributed by atoms with E-state index >= 15 is 0 Å². The molecule has 0 spiro atoms. The molecule has 4 heteroatoms. The average Bonchev–Trinajstić information content (AvgIpc) is 3.12. The Balaban J connectivity index is 1.73. The van der Waals surface area contributed by atoms with Crippen LogP contribution in [0.2, 0.25) is 0 Å². The Labute approximate surface area is 149 Å². The summed E-state index contributed by atoms with van der Waals surface area (Å²) in [5.74, 6) is 0. The minimum Gasteiger partial charge on any atom is -0.265 e. The standard InChI is InChI=1S/C21H15N3S/c1-3-18-8-9-19(25-18)13-23-17-7-5-15-10-14-4-6-16(22-2)11-20(14)24-21(15)12-17/h3-13H,1-2H2. The van der Waals surface area contributed by atoms with Gasteiger partial charge < -0.3 is 0 Å². The van der Waals surface area contributed by atoms with Crippen molar-refractivity contribution in [3.63, 3.8) is 0 Å². The van der Waals surface area contributed by atoms with Crippen molar-refractivity contribution in [1.29, 1.82) is 0 Å². The summed E-state index contributed by atoms with van der Waals surface area (Å²) >= 11 is 1.66. The van der Waals surface area contributed by atoms with Gasteiger partial charge in [-0.05, 0) is 49.2 Å². The first-order chi connectivity index (χ1) is 12.2. The highest BCUT2D eigenvalue weighted by molar-refractivity contribution is 7.14. The van der Waals surface area contributed by atoms with Crippen LogP contribution in [-0.4, -0.2) is 17.9 Å². The predicted molar refractivity (Wildman–Crippen MR) is 110 cm³/mol. The monoisotopic (exact) mass is 341 g/mol. The summed E-state index contributed by atoms with van der Waals surface area (Å²) in [4.78, 5) is 15.5. The number of aliphatic imine (C=N–C) groups is 2. The second kappa shape index (κ2) is 6.42. The summed E-state index contributed by atoms with van der Waals surface area (Å²) in [5.41, 5.74) is 3.53. The Morgan fingerprint density at radius 2 is 1.52 bits per heavy atom. The van der Waals surface area contributed by atoms with Gasteiger partial charge in [0, 0.05) is 26.7 Å². The molecular weight excluding hydrogens is 326 g/mol. The summed E-state index contributed by atoms with van der Waals surface area (Å²) in [6.07, 6.45) is 3.72. The summed E-state index contributed by atoms with van der Waals surface area (Å²) in [6.45, 7) is 7.35. The molecule has 4 aromatic rings. The van der Waals surface area contributed by atoms with Crippen molar-refractivity contribution >= 4 is 63.5 Å². The largest absolute Gasteiger partial charge is 0.265 e. The number of thiophene rings is 1. The SMILES string of the molecule is C=Cc1ccc(C=Nc2ccc3cc4ccc(N=C)cc4nc3c2)s1. The van der Waals surface area contributed by atoms with Gasteiger partial charge in [0.25, 0.3) is 0 Å². The maximum absolute atomic E-state index is 4.75. The highest BCUT2D eigenvalue weighted by Gasteiger charge is 2.02. The third-order valence-electron chi connectivity index (χ3n) is 3.95. The zero-order chi connectivity index (χ0) is 17.2. The minimum absolute atomic E-state index is 0.823. The number of aromatic nitrogens is 1. The Morgan fingerprint density at radius 3 is 2.20 bits per heavy atom. The molecular formula is C21H15N3S. The molecule has 2 aromatic carbocycles. The van der Waals surface area contributed by atoms with Gasteiger partial charge in [0.1, 0.15) is 0 Å². The normalized spacial score (nSPS) is 11.4. The van der Waals surface area contributed by atoms with E-state index in [1.165, 1.54) is 0 Å². The predicted octanol–water partition coefficient (Wildman–Crippen LogP) is 6.18. The van der Waals surface area contributed by atoms with Gasteiger partial charge in [0.2, 0.25) is 0 Å². The summed E-state index contributed by atoms with van der Waals surface area (Å²) in [7, 11) is 0.